The third kappa shape index (κ3) is 4.18. The van der Waals surface area contributed by atoms with Gasteiger partial charge in [-0.15, -0.1) is 0 Å². The van der Waals surface area contributed by atoms with E-state index in [9.17, 15) is 5.11 Å². The van der Waals surface area contributed by atoms with E-state index in [1.807, 2.05) is 0 Å². The van der Waals surface area contributed by atoms with Gasteiger partial charge in [-0.05, 0) is 30.6 Å². The molecule has 2 saturated heterocycles. The minimum Gasteiger partial charge on any atom is -0.414 e. The summed E-state index contributed by atoms with van der Waals surface area (Å²) < 4.78 is 27.0. The molecule has 0 radical (unpaired) electrons. The SMILES string of the molecule is CCCC1C2C3O[Si](CCC)(CCC)O[Si](CCC)(CCC)OCC3OC12O. The Bertz CT molecular complexity index is 507. The number of fused-ring (bicyclic) bond motifs is 3. The van der Waals surface area contributed by atoms with Crippen LogP contribution < -0.4 is 0 Å². The first kappa shape index (κ1) is 22.9. The molecule has 7 heteroatoms. The van der Waals surface area contributed by atoms with Crippen molar-refractivity contribution in [3.8, 4) is 0 Å². The normalized spacial score (nSPS) is 38.4. The molecule has 164 valence electrons. The molecule has 28 heavy (non-hydrogen) atoms. The van der Waals surface area contributed by atoms with Crippen LogP contribution in [-0.4, -0.2) is 46.8 Å². The average Bonchev–Trinajstić information content (AvgIpc) is 3.08. The molecular formula is C21H42O5Si2. The Morgan fingerprint density at radius 1 is 0.857 bits per heavy atom. The molecule has 1 aliphatic carbocycles. The average molecular weight is 431 g/mol. The molecule has 5 atom stereocenters. The zero-order valence-corrected chi connectivity index (χ0v) is 20.7. The summed E-state index contributed by atoms with van der Waals surface area (Å²) >= 11 is 0. The second kappa shape index (κ2) is 9.16. The van der Waals surface area contributed by atoms with Gasteiger partial charge in [0.2, 0.25) is 0 Å². The summed E-state index contributed by atoms with van der Waals surface area (Å²) in [6.45, 7) is 11.6. The molecule has 2 heterocycles. The quantitative estimate of drug-likeness (QED) is 0.490. The Kier molecular flexibility index (Phi) is 7.49. The van der Waals surface area contributed by atoms with Crippen LogP contribution >= 0.6 is 0 Å². The van der Waals surface area contributed by atoms with Gasteiger partial charge in [-0.3, -0.25) is 0 Å². The van der Waals surface area contributed by atoms with Crippen LogP contribution in [0.2, 0.25) is 24.2 Å². The molecule has 0 aromatic carbocycles. The Balaban J connectivity index is 1.90. The number of hydrogen-bond acceptors (Lipinski definition) is 5. The van der Waals surface area contributed by atoms with E-state index in [4.69, 9.17) is 17.7 Å². The van der Waals surface area contributed by atoms with E-state index in [2.05, 4.69) is 34.6 Å². The fraction of sp³-hybridized carbons (Fsp3) is 1.00. The van der Waals surface area contributed by atoms with Gasteiger partial charge in [0.15, 0.2) is 5.79 Å². The van der Waals surface area contributed by atoms with E-state index in [1.54, 1.807) is 0 Å². The van der Waals surface area contributed by atoms with Gasteiger partial charge in [0.1, 0.15) is 6.10 Å². The topological polar surface area (TPSA) is 57.2 Å². The molecule has 1 N–H and O–H groups in total. The highest BCUT2D eigenvalue weighted by atomic mass is 28.5. The van der Waals surface area contributed by atoms with E-state index in [0.717, 1.165) is 62.7 Å². The van der Waals surface area contributed by atoms with Gasteiger partial charge >= 0.3 is 17.1 Å². The van der Waals surface area contributed by atoms with Crippen LogP contribution in [0.25, 0.3) is 0 Å². The highest BCUT2D eigenvalue weighted by Crippen LogP contribution is 2.63. The minimum atomic E-state index is -2.42. The lowest BCUT2D eigenvalue weighted by Crippen LogP contribution is -2.60. The number of rotatable bonds is 10. The molecule has 3 fully saturated rings. The van der Waals surface area contributed by atoms with Crippen molar-refractivity contribution in [2.45, 2.75) is 115 Å². The summed E-state index contributed by atoms with van der Waals surface area (Å²) in [6, 6.07) is 4.07. The van der Waals surface area contributed by atoms with E-state index in [-0.39, 0.29) is 24.0 Å². The van der Waals surface area contributed by atoms with E-state index >= 15 is 0 Å². The third-order valence-electron chi connectivity index (χ3n) is 6.75. The molecule has 0 bridgehead atoms. The third-order valence-corrected chi connectivity index (χ3v) is 16.2. The predicted octanol–water partition coefficient (Wildman–Crippen LogP) is 5.08. The number of hydrogen-bond donors (Lipinski definition) is 1. The molecule has 0 spiro atoms. The van der Waals surface area contributed by atoms with E-state index in [1.165, 1.54) is 0 Å². The summed E-state index contributed by atoms with van der Waals surface area (Å²) in [6.07, 6.45) is 6.14. The second-order valence-corrected chi connectivity index (χ2v) is 16.1. The summed E-state index contributed by atoms with van der Waals surface area (Å²) in [7, 11) is -4.74. The van der Waals surface area contributed by atoms with Crippen LogP contribution in [0.4, 0.5) is 0 Å². The van der Waals surface area contributed by atoms with Gasteiger partial charge in [-0.2, -0.15) is 0 Å². The fourth-order valence-electron chi connectivity index (χ4n) is 5.71. The largest absolute Gasteiger partial charge is 0.414 e. The molecule has 3 rings (SSSR count). The van der Waals surface area contributed by atoms with Gasteiger partial charge in [-0.1, -0.05) is 66.7 Å². The minimum absolute atomic E-state index is 0.0680. The van der Waals surface area contributed by atoms with Gasteiger partial charge in [0.25, 0.3) is 0 Å². The van der Waals surface area contributed by atoms with Gasteiger partial charge in [0, 0.05) is 11.8 Å². The number of aliphatic hydroxyl groups is 1. The summed E-state index contributed by atoms with van der Waals surface area (Å²) in [5, 5.41) is 11.1. The lowest BCUT2D eigenvalue weighted by atomic mass is 10.1. The molecule has 5 nitrogen and oxygen atoms in total. The van der Waals surface area contributed by atoms with Crippen molar-refractivity contribution in [2.75, 3.05) is 6.61 Å². The maximum absolute atomic E-state index is 11.1. The van der Waals surface area contributed by atoms with Gasteiger partial charge < -0.3 is 22.8 Å². The highest BCUT2D eigenvalue weighted by Gasteiger charge is 2.76. The fourth-order valence-corrected chi connectivity index (χ4v) is 15.8. The monoisotopic (exact) mass is 430 g/mol. The predicted molar refractivity (Wildman–Crippen MR) is 116 cm³/mol. The van der Waals surface area contributed by atoms with Crippen LogP contribution in [0, 0.1) is 11.8 Å². The summed E-state index contributed by atoms with van der Waals surface area (Å²) in [4.78, 5) is 0. The maximum atomic E-state index is 11.1. The first-order valence-electron chi connectivity index (χ1n) is 11.8. The number of ether oxygens (including phenoxy) is 1. The Hall–Kier alpha value is 0.234. The zero-order chi connectivity index (χ0) is 20.4. The summed E-state index contributed by atoms with van der Waals surface area (Å²) in [5.74, 6) is -0.685. The van der Waals surface area contributed by atoms with Crippen molar-refractivity contribution < 1.29 is 22.8 Å². The van der Waals surface area contributed by atoms with E-state index < -0.39 is 22.9 Å². The molecule has 0 aromatic heterocycles. The van der Waals surface area contributed by atoms with Gasteiger partial charge in [0.05, 0.1) is 12.7 Å². The molecule has 0 aromatic rings. The lowest BCUT2D eigenvalue weighted by Gasteiger charge is -2.46. The first-order valence-corrected chi connectivity index (χ1v) is 16.3. The van der Waals surface area contributed by atoms with Crippen molar-refractivity contribution in [2.24, 2.45) is 11.8 Å². The van der Waals surface area contributed by atoms with Crippen molar-refractivity contribution in [1.29, 1.82) is 0 Å². The Morgan fingerprint density at radius 3 is 1.96 bits per heavy atom. The first-order chi connectivity index (χ1) is 13.4. The van der Waals surface area contributed by atoms with Crippen LogP contribution in [-0.2, 0) is 17.7 Å². The van der Waals surface area contributed by atoms with Crippen molar-refractivity contribution >= 4 is 17.1 Å². The molecule has 0 amide bonds. The molecule has 5 unspecified atom stereocenters. The highest BCUT2D eigenvalue weighted by molar-refractivity contribution is 6.81. The molecular weight excluding hydrogens is 388 g/mol. The molecule has 2 aliphatic heterocycles. The van der Waals surface area contributed by atoms with E-state index in [0.29, 0.717) is 6.61 Å². The van der Waals surface area contributed by atoms with Crippen LogP contribution in [0.1, 0.15) is 73.1 Å². The smallest absolute Gasteiger partial charge is 0.329 e. The molecule has 3 aliphatic rings. The standard InChI is InChI=1S/C21H42O5Si2/c1-6-11-17-19-20-18(24-21(17,19)22)16-23-27(12-7-2,13-8-3)26-28(25-20,14-9-4)15-10-5/h17-20,22H,6-16H2,1-5H3. The Morgan fingerprint density at radius 2 is 1.43 bits per heavy atom. The lowest BCUT2D eigenvalue weighted by molar-refractivity contribution is -0.167. The van der Waals surface area contributed by atoms with Crippen LogP contribution in [0.15, 0.2) is 0 Å². The van der Waals surface area contributed by atoms with Crippen molar-refractivity contribution in [1.82, 2.24) is 0 Å². The van der Waals surface area contributed by atoms with Crippen LogP contribution in [0.3, 0.4) is 0 Å². The van der Waals surface area contributed by atoms with Crippen molar-refractivity contribution in [3.63, 3.8) is 0 Å². The van der Waals surface area contributed by atoms with Crippen LogP contribution in [0.5, 0.6) is 0 Å². The second-order valence-electron chi connectivity index (χ2n) is 9.15. The van der Waals surface area contributed by atoms with Gasteiger partial charge in [-0.25, -0.2) is 0 Å². The maximum Gasteiger partial charge on any atom is 0.329 e. The molecule has 1 saturated carbocycles. The summed E-state index contributed by atoms with van der Waals surface area (Å²) in [5.41, 5.74) is 0. The zero-order valence-electron chi connectivity index (χ0n) is 18.7. The van der Waals surface area contributed by atoms with Crippen molar-refractivity contribution in [3.05, 3.63) is 0 Å². The Labute approximate surface area is 174 Å².